The van der Waals surface area contributed by atoms with Crippen LogP contribution in [0.25, 0.3) is 0 Å². The normalized spacial score (nSPS) is 16.5. The SMILES string of the molecule is COCCNCC(=O)Nc1c(C)cnn1C1CCCc2ccccc21. The van der Waals surface area contributed by atoms with Crippen LogP contribution in [0.5, 0.6) is 0 Å². The first-order valence-electron chi connectivity index (χ1n) is 8.82. The van der Waals surface area contributed by atoms with Crippen molar-refractivity contribution in [2.75, 3.05) is 32.1 Å². The van der Waals surface area contributed by atoms with Gasteiger partial charge in [-0.1, -0.05) is 24.3 Å². The summed E-state index contributed by atoms with van der Waals surface area (Å²) >= 11 is 0. The summed E-state index contributed by atoms with van der Waals surface area (Å²) in [5.74, 6) is 0.727. The van der Waals surface area contributed by atoms with E-state index >= 15 is 0 Å². The summed E-state index contributed by atoms with van der Waals surface area (Å²) in [5, 5.41) is 10.7. The van der Waals surface area contributed by atoms with Crippen LogP contribution in [0.1, 0.15) is 35.6 Å². The van der Waals surface area contributed by atoms with E-state index < -0.39 is 0 Å². The maximum absolute atomic E-state index is 12.3. The fourth-order valence-corrected chi connectivity index (χ4v) is 3.38. The van der Waals surface area contributed by atoms with Crippen LogP contribution in [0.2, 0.25) is 0 Å². The summed E-state index contributed by atoms with van der Waals surface area (Å²) in [7, 11) is 1.64. The molecule has 0 saturated carbocycles. The molecule has 3 rings (SSSR count). The van der Waals surface area contributed by atoms with Gasteiger partial charge in [-0.05, 0) is 37.3 Å². The zero-order valence-electron chi connectivity index (χ0n) is 14.9. The molecule has 2 aromatic rings. The molecule has 134 valence electrons. The molecule has 6 nitrogen and oxygen atoms in total. The van der Waals surface area contributed by atoms with Gasteiger partial charge in [0.1, 0.15) is 5.82 Å². The van der Waals surface area contributed by atoms with Gasteiger partial charge < -0.3 is 15.4 Å². The Morgan fingerprint density at radius 3 is 3.08 bits per heavy atom. The van der Waals surface area contributed by atoms with Gasteiger partial charge in [-0.2, -0.15) is 5.10 Å². The topological polar surface area (TPSA) is 68.2 Å². The highest BCUT2D eigenvalue weighted by Crippen LogP contribution is 2.34. The number of ether oxygens (including phenoxy) is 1. The lowest BCUT2D eigenvalue weighted by Crippen LogP contribution is -2.31. The van der Waals surface area contributed by atoms with Crippen molar-refractivity contribution in [1.82, 2.24) is 15.1 Å². The minimum Gasteiger partial charge on any atom is -0.383 e. The second-order valence-electron chi connectivity index (χ2n) is 6.45. The summed E-state index contributed by atoms with van der Waals surface area (Å²) in [6, 6.07) is 8.70. The second-order valence-corrected chi connectivity index (χ2v) is 6.45. The fraction of sp³-hybridized carbons (Fsp3) is 0.474. The number of benzene rings is 1. The predicted molar refractivity (Wildman–Crippen MR) is 97.9 cm³/mol. The standard InChI is InChI=1S/C19H26N4O2/c1-14-12-21-23(19(14)22-18(24)13-20-10-11-25-2)17-9-5-7-15-6-3-4-8-16(15)17/h3-4,6,8,12,17,20H,5,7,9-11,13H2,1-2H3,(H,22,24). The van der Waals surface area contributed by atoms with Gasteiger partial charge in [-0.25, -0.2) is 4.68 Å². The van der Waals surface area contributed by atoms with Crippen LogP contribution < -0.4 is 10.6 Å². The van der Waals surface area contributed by atoms with E-state index in [9.17, 15) is 4.79 Å². The van der Waals surface area contributed by atoms with Gasteiger partial charge in [0.15, 0.2) is 0 Å². The Morgan fingerprint density at radius 1 is 1.40 bits per heavy atom. The van der Waals surface area contributed by atoms with Gasteiger partial charge in [0, 0.05) is 19.2 Å². The van der Waals surface area contributed by atoms with Crippen LogP contribution in [0.3, 0.4) is 0 Å². The molecule has 2 N–H and O–H groups in total. The molecule has 1 atom stereocenters. The van der Waals surface area contributed by atoms with Crippen molar-refractivity contribution in [1.29, 1.82) is 0 Å². The number of methoxy groups -OCH3 is 1. The van der Waals surface area contributed by atoms with Crippen LogP contribution in [0.15, 0.2) is 30.5 Å². The smallest absolute Gasteiger partial charge is 0.239 e. The molecule has 1 aliphatic carbocycles. The number of rotatable bonds is 7. The zero-order chi connectivity index (χ0) is 17.6. The molecular formula is C19H26N4O2. The molecule has 25 heavy (non-hydrogen) atoms. The molecule has 0 radical (unpaired) electrons. The molecule has 1 amide bonds. The van der Waals surface area contributed by atoms with Crippen molar-refractivity contribution in [3.63, 3.8) is 0 Å². The van der Waals surface area contributed by atoms with Gasteiger partial charge in [0.25, 0.3) is 0 Å². The number of hydrogen-bond donors (Lipinski definition) is 2. The maximum Gasteiger partial charge on any atom is 0.239 e. The Hall–Kier alpha value is -2.18. The van der Waals surface area contributed by atoms with E-state index in [1.54, 1.807) is 7.11 Å². The number of hydrogen-bond acceptors (Lipinski definition) is 4. The number of carbonyl (C=O) groups excluding carboxylic acids is 1. The van der Waals surface area contributed by atoms with Crippen molar-refractivity contribution in [2.45, 2.75) is 32.2 Å². The summed E-state index contributed by atoms with van der Waals surface area (Å²) < 4.78 is 6.94. The molecule has 1 aliphatic rings. The number of fused-ring (bicyclic) bond motifs is 1. The minimum atomic E-state index is -0.0648. The number of carbonyl (C=O) groups is 1. The van der Waals surface area contributed by atoms with Crippen LogP contribution in [-0.4, -0.2) is 42.5 Å². The highest BCUT2D eigenvalue weighted by molar-refractivity contribution is 5.92. The maximum atomic E-state index is 12.3. The van der Waals surface area contributed by atoms with E-state index in [1.165, 1.54) is 11.1 Å². The van der Waals surface area contributed by atoms with Gasteiger partial charge in [0.2, 0.25) is 5.91 Å². The molecule has 0 aliphatic heterocycles. The molecule has 1 unspecified atom stereocenters. The van der Waals surface area contributed by atoms with Gasteiger partial charge in [-0.3, -0.25) is 4.79 Å². The first-order chi connectivity index (χ1) is 12.2. The Bertz CT molecular complexity index is 726. The van der Waals surface area contributed by atoms with Gasteiger partial charge >= 0.3 is 0 Å². The fourth-order valence-electron chi connectivity index (χ4n) is 3.38. The number of amides is 1. The van der Waals surface area contributed by atoms with Crippen molar-refractivity contribution in [2.24, 2.45) is 0 Å². The van der Waals surface area contributed by atoms with Crippen molar-refractivity contribution >= 4 is 11.7 Å². The second kappa shape index (κ2) is 8.27. The molecule has 0 fully saturated rings. The molecule has 0 spiro atoms. The average molecular weight is 342 g/mol. The van der Waals surface area contributed by atoms with E-state index in [-0.39, 0.29) is 18.5 Å². The first kappa shape index (κ1) is 17.6. The molecule has 6 heteroatoms. The summed E-state index contributed by atoms with van der Waals surface area (Å²) in [6.45, 7) is 3.47. The number of nitrogens with zero attached hydrogens (tertiary/aromatic N) is 2. The van der Waals surface area contributed by atoms with E-state index in [0.29, 0.717) is 13.2 Å². The summed E-state index contributed by atoms with van der Waals surface area (Å²) in [6.07, 6.45) is 5.10. The monoisotopic (exact) mass is 342 g/mol. The highest BCUT2D eigenvalue weighted by Gasteiger charge is 2.25. The summed E-state index contributed by atoms with van der Waals surface area (Å²) in [5.41, 5.74) is 3.67. The minimum absolute atomic E-state index is 0.0648. The molecule has 1 heterocycles. The Kier molecular flexibility index (Phi) is 5.83. The van der Waals surface area contributed by atoms with Crippen LogP contribution in [-0.2, 0) is 16.0 Å². The third-order valence-electron chi connectivity index (χ3n) is 4.64. The Balaban J connectivity index is 1.75. The Labute approximate surface area is 148 Å². The lowest BCUT2D eigenvalue weighted by atomic mass is 9.88. The van der Waals surface area contributed by atoms with Gasteiger partial charge in [0.05, 0.1) is 25.4 Å². The molecule has 0 saturated heterocycles. The van der Waals surface area contributed by atoms with E-state index in [1.807, 2.05) is 17.8 Å². The first-order valence-corrected chi connectivity index (χ1v) is 8.82. The number of aryl methyl sites for hydroxylation is 2. The van der Waals surface area contributed by atoms with Crippen LogP contribution >= 0.6 is 0 Å². The molecule has 0 bridgehead atoms. The number of nitrogens with one attached hydrogen (secondary N) is 2. The summed E-state index contributed by atoms with van der Waals surface area (Å²) in [4.78, 5) is 12.3. The van der Waals surface area contributed by atoms with Crippen molar-refractivity contribution < 1.29 is 9.53 Å². The quantitative estimate of drug-likeness (QED) is 0.758. The van der Waals surface area contributed by atoms with E-state index in [2.05, 4.69) is 40.0 Å². The van der Waals surface area contributed by atoms with Gasteiger partial charge in [-0.15, -0.1) is 0 Å². The number of anilines is 1. The van der Waals surface area contributed by atoms with Crippen LogP contribution in [0.4, 0.5) is 5.82 Å². The molecule has 1 aromatic carbocycles. The zero-order valence-corrected chi connectivity index (χ0v) is 14.9. The van der Waals surface area contributed by atoms with E-state index in [4.69, 9.17) is 4.74 Å². The highest BCUT2D eigenvalue weighted by atomic mass is 16.5. The lowest BCUT2D eigenvalue weighted by molar-refractivity contribution is -0.115. The lowest BCUT2D eigenvalue weighted by Gasteiger charge is -2.27. The van der Waals surface area contributed by atoms with E-state index in [0.717, 1.165) is 30.6 Å². The molecule has 1 aromatic heterocycles. The van der Waals surface area contributed by atoms with Crippen molar-refractivity contribution in [3.8, 4) is 0 Å². The largest absolute Gasteiger partial charge is 0.383 e. The predicted octanol–water partition coefficient (Wildman–Crippen LogP) is 2.29. The van der Waals surface area contributed by atoms with Crippen LogP contribution in [0, 0.1) is 6.92 Å². The molecular weight excluding hydrogens is 316 g/mol. The van der Waals surface area contributed by atoms with Crippen molar-refractivity contribution in [3.05, 3.63) is 47.2 Å². The average Bonchev–Trinajstić information content (AvgIpc) is 2.99. The number of aromatic nitrogens is 2. The third kappa shape index (κ3) is 4.08. The Morgan fingerprint density at radius 2 is 2.24 bits per heavy atom. The third-order valence-corrected chi connectivity index (χ3v) is 4.64.